The molecule has 0 unspecified atom stereocenters. The van der Waals surface area contributed by atoms with Gasteiger partial charge in [-0.25, -0.2) is 0 Å². The molecule has 4 amide bonds. The monoisotopic (exact) mass is 957 g/mol. The molecule has 4 N–H and O–H groups in total. The van der Waals surface area contributed by atoms with Crippen molar-refractivity contribution in [3.8, 4) is 0 Å². The number of amides is 4. The summed E-state index contributed by atoms with van der Waals surface area (Å²) in [6.07, 6.45) is 8.73. The minimum Gasteiger partial charge on any atom is -0.396 e. The van der Waals surface area contributed by atoms with Gasteiger partial charge >= 0.3 is 0 Å². The molecule has 8 atom stereocenters. The number of allylic oxidation sites excluding steroid dienone is 2. The lowest BCUT2D eigenvalue weighted by Gasteiger charge is -2.38. The Morgan fingerprint density at radius 3 is 1.29 bits per heavy atom. The lowest BCUT2D eigenvalue weighted by molar-refractivity contribution is -0.128. The maximum absolute atomic E-state index is 13.7. The predicted octanol–water partition coefficient (Wildman–Crippen LogP) is 3.51. The number of rotatable bonds is 16. The van der Waals surface area contributed by atoms with Crippen molar-refractivity contribution in [1.29, 1.82) is 0 Å². The van der Waals surface area contributed by atoms with Gasteiger partial charge in [-0.3, -0.25) is 28.8 Å². The van der Waals surface area contributed by atoms with Gasteiger partial charge in [0.1, 0.15) is 0 Å². The number of pyridine rings is 2. The van der Waals surface area contributed by atoms with Gasteiger partial charge in [-0.05, 0) is 117 Å². The highest BCUT2D eigenvalue weighted by Gasteiger charge is 2.59. The number of aliphatic hydroxyl groups is 2. The molecule has 2 fully saturated rings. The second-order valence-electron chi connectivity index (χ2n) is 19.1. The van der Waals surface area contributed by atoms with Crippen LogP contribution in [0.2, 0.25) is 0 Å². The highest BCUT2D eigenvalue weighted by atomic mass is 16.3. The number of hydrogen-bond acceptors (Lipinski definition) is 10. The van der Waals surface area contributed by atoms with Crippen molar-refractivity contribution >= 4 is 35.8 Å². The average Bonchev–Trinajstić information content (AvgIpc) is 3.75. The number of benzene rings is 2. The summed E-state index contributed by atoms with van der Waals surface area (Å²) in [5.41, 5.74) is 3.13. The molecule has 0 aliphatic carbocycles. The van der Waals surface area contributed by atoms with E-state index in [9.17, 15) is 39.0 Å². The lowest BCUT2D eigenvalue weighted by atomic mass is 9.86. The van der Waals surface area contributed by atoms with E-state index >= 15 is 0 Å². The number of hydrogen-bond donors (Lipinski definition) is 4. The Morgan fingerprint density at radius 2 is 0.957 bits per heavy atom. The van der Waals surface area contributed by atoms with E-state index < -0.39 is 47.8 Å². The van der Waals surface area contributed by atoms with Crippen molar-refractivity contribution in [2.75, 3.05) is 67.6 Å². The third kappa shape index (κ3) is 10.4. The molecule has 4 bridgehead atoms. The Kier molecular flexibility index (Phi) is 16.9. The summed E-state index contributed by atoms with van der Waals surface area (Å²) < 4.78 is 3.36. The molecule has 16 heteroatoms. The highest BCUT2D eigenvalue weighted by molar-refractivity contribution is 5.97. The number of carbonyl (C=O) groups excluding carboxylic acids is 4. The van der Waals surface area contributed by atoms with Crippen LogP contribution in [-0.2, 0) is 22.7 Å². The topological polar surface area (TPSA) is 190 Å². The van der Waals surface area contributed by atoms with Crippen LogP contribution in [0.25, 0.3) is 12.2 Å². The van der Waals surface area contributed by atoms with Gasteiger partial charge in [-0.15, -0.1) is 0 Å². The number of nitrogens with one attached hydrogen (secondary N) is 2. The highest BCUT2D eigenvalue weighted by Crippen LogP contribution is 2.50. The van der Waals surface area contributed by atoms with Crippen LogP contribution in [0, 0.1) is 23.7 Å². The summed E-state index contributed by atoms with van der Waals surface area (Å²) in [6, 6.07) is 22.9. The maximum atomic E-state index is 13.7. The van der Waals surface area contributed by atoms with Gasteiger partial charge in [-0.2, -0.15) is 0 Å². The van der Waals surface area contributed by atoms with E-state index in [1.807, 2.05) is 78.5 Å². The molecule has 0 radical (unpaired) electrons. The maximum Gasteiger partial charge on any atom is 0.258 e. The molecular formula is C54H68N8O8. The molecule has 2 aromatic heterocycles. The fourth-order valence-corrected chi connectivity index (χ4v) is 10.9. The fraction of sp³-hybridized carbons (Fsp3) is 0.444. The third-order valence-electron chi connectivity index (χ3n) is 14.1. The summed E-state index contributed by atoms with van der Waals surface area (Å²) in [7, 11) is 7.92. The molecule has 372 valence electrons. The van der Waals surface area contributed by atoms with E-state index in [0.717, 1.165) is 25.9 Å². The first kappa shape index (κ1) is 51.4. The second kappa shape index (κ2) is 23.0. The molecule has 0 spiro atoms. The molecule has 70 heavy (non-hydrogen) atoms. The van der Waals surface area contributed by atoms with Gasteiger partial charge in [0.15, 0.2) is 0 Å². The lowest BCUT2D eigenvalue weighted by Crippen LogP contribution is -2.49. The first-order chi connectivity index (χ1) is 33.8. The van der Waals surface area contributed by atoms with E-state index in [4.69, 9.17) is 0 Å². The number of fused-ring (bicyclic) bond motifs is 8. The Hall–Kier alpha value is -6.46. The molecule has 4 aliphatic rings. The predicted molar refractivity (Wildman–Crippen MR) is 270 cm³/mol. The van der Waals surface area contributed by atoms with Crippen molar-refractivity contribution in [2.45, 2.75) is 63.9 Å². The molecule has 4 aliphatic heterocycles. The quantitative estimate of drug-likeness (QED) is 0.121. The Morgan fingerprint density at radius 1 is 0.586 bits per heavy atom. The summed E-state index contributed by atoms with van der Waals surface area (Å²) in [4.78, 5) is 88.5. The Balaban J connectivity index is 0.000000206. The van der Waals surface area contributed by atoms with E-state index in [-0.39, 0.29) is 61.1 Å². The van der Waals surface area contributed by atoms with Gasteiger partial charge in [0.05, 0.1) is 36.0 Å². The largest absolute Gasteiger partial charge is 0.396 e. The smallest absolute Gasteiger partial charge is 0.258 e. The third-order valence-corrected chi connectivity index (χ3v) is 14.1. The zero-order valence-corrected chi connectivity index (χ0v) is 41.1. The van der Waals surface area contributed by atoms with E-state index in [0.29, 0.717) is 46.7 Å². The minimum absolute atomic E-state index is 0.147. The van der Waals surface area contributed by atoms with Crippen LogP contribution < -0.4 is 21.8 Å². The Bertz CT molecular complexity index is 2500. The molecule has 2 aromatic carbocycles. The zero-order valence-electron chi connectivity index (χ0n) is 41.1. The van der Waals surface area contributed by atoms with Crippen molar-refractivity contribution in [3.63, 3.8) is 0 Å². The summed E-state index contributed by atoms with van der Waals surface area (Å²) in [5, 5.41) is 26.9. The average molecular weight is 957 g/mol. The molecule has 2 saturated heterocycles. The van der Waals surface area contributed by atoms with Crippen molar-refractivity contribution in [1.82, 2.24) is 39.4 Å². The van der Waals surface area contributed by atoms with Gasteiger partial charge in [0.2, 0.25) is 11.8 Å². The standard InChI is InChI=1S/2C27H34N4O4/c2*1-4-9-18-12-13-21-24-23(25(33)28-14-8-15-29(2)3)20(17-32)22(16-30(21)26(18)34)31(24)27(35)19-10-6-5-7-11-19/h2*4-7,9-13,20,22-24,32H,8,14-17H2,1-3H3,(H,28,33)/b9-4+;9-4-/t2*20-,22-,23+,24+/m00/s1. The molecule has 16 nitrogen and oxygen atoms in total. The van der Waals surface area contributed by atoms with Gasteiger partial charge in [0, 0.05) is 84.9 Å². The van der Waals surface area contributed by atoms with Gasteiger partial charge in [0.25, 0.3) is 22.9 Å². The summed E-state index contributed by atoms with van der Waals surface area (Å²) in [5.74, 6) is -3.05. The molecule has 6 heterocycles. The van der Waals surface area contributed by atoms with Crippen molar-refractivity contribution < 1.29 is 29.4 Å². The summed E-state index contributed by atoms with van der Waals surface area (Å²) in [6.45, 7) is 6.37. The van der Waals surface area contributed by atoms with Crippen molar-refractivity contribution in [2.24, 2.45) is 23.7 Å². The summed E-state index contributed by atoms with van der Waals surface area (Å²) >= 11 is 0. The van der Waals surface area contributed by atoms with E-state index in [2.05, 4.69) is 20.4 Å². The first-order valence-corrected chi connectivity index (χ1v) is 24.3. The Labute approximate surface area is 409 Å². The minimum atomic E-state index is -0.655. The van der Waals surface area contributed by atoms with E-state index in [1.54, 1.807) is 91.7 Å². The number of aliphatic hydroxyl groups excluding tert-OH is 2. The number of nitrogens with zero attached hydrogens (tertiary/aromatic N) is 6. The second-order valence-corrected chi connectivity index (χ2v) is 19.1. The number of aromatic nitrogens is 2. The van der Waals surface area contributed by atoms with Crippen molar-refractivity contribution in [3.05, 3.63) is 151 Å². The van der Waals surface area contributed by atoms with Gasteiger partial charge < -0.3 is 49.6 Å². The molecule has 4 aromatic rings. The van der Waals surface area contributed by atoms with Crippen LogP contribution in [0.1, 0.15) is 82.0 Å². The SMILES string of the molecule is C/C=C/c1ccc2n(c1=O)C[C@H]1[C@H](CO)[C@@H](C(=O)NCCCN(C)C)[C@@H]2N1C(=O)c1ccccc1.C/C=C\c1ccc2n(c1=O)C[C@H]1[C@H](CO)[C@@H](C(=O)NCCCN(C)C)[C@@H]2N1C(=O)c1ccccc1. The van der Waals surface area contributed by atoms with E-state index in [1.165, 1.54) is 0 Å². The van der Waals surface area contributed by atoms with Gasteiger partial charge in [-0.1, -0.05) is 60.7 Å². The molecular weight excluding hydrogens is 889 g/mol. The van der Waals surface area contributed by atoms with Crippen LogP contribution in [0.4, 0.5) is 0 Å². The first-order valence-electron chi connectivity index (χ1n) is 24.3. The van der Waals surface area contributed by atoms with Crippen LogP contribution in [0.15, 0.2) is 107 Å². The zero-order chi connectivity index (χ0) is 50.2. The number of carbonyl (C=O) groups is 4. The molecule has 0 saturated carbocycles. The van der Waals surface area contributed by atoms with Crippen LogP contribution in [0.5, 0.6) is 0 Å². The normalized spacial score (nSPS) is 23.1. The van der Waals surface area contributed by atoms with Crippen LogP contribution >= 0.6 is 0 Å². The van der Waals surface area contributed by atoms with Crippen LogP contribution in [-0.4, -0.2) is 142 Å². The van der Waals surface area contributed by atoms with Crippen LogP contribution in [0.3, 0.4) is 0 Å². The molecule has 8 rings (SSSR count). The fourth-order valence-electron chi connectivity index (χ4n) is 10.9.